The lowest BCUT2D eigenvalue weighted by atomic mass is 9.87. The van der Waals surface area contributed by atoms with Crippen LogP contribution in [0.5, 0.6) is 0 Å². The fraction of sp³-hybridized carbons (Fsp3) is 0.600. The van der Waals surface area contributed by atoms with Crippen LogP contribution in [-0.4, -0.2) is 5.75 Å². The second-order valence-corrected chi connectivity index (χ2v) is 6.67. The molecule has 0 N–H and O–H groups in total. The molecule has 0 aliphatic heterocycles. The van der Waals surface area contributed by atoms with E-state index in [1.165, 1.54) is 47.2 Å². The first-order valence-electron chi connectivity index (χ1n) is 6.32. The summed E-state index contributed by atoms with van der Waals surface area (Å²) in [7, 11) is 0. The number of thiol groups is 1. The van der Waals surface area contributed by atoms with Crippen molar-refractivity contribution in [3.63, 3.8) is 0 Å². The van der Waals surface area contributed by atoms with Gasteiger partial charge in [0.1, 0.15) is 5.75 Å². The summed E-state index contributed by atoms with van der Waals surface area (Å²) < 4.78 is 0. The second-order valence-electron chi connectivity index (χ2n) is 5.39. The maximum absolute atomic E-state index is 2.29. The van der Waals surface area contributed by atoms with Gasteiger partial charge in [-0.2, -0.15) is 0 Å². The first-order valence-corrected chi connectivity index (χ1v) is 7.40. The normalized spacial score (nSPS) is 11.8. The number of rotatable bonds is 5. The Balaban J connectivity index is 2.46. The van der Waals surface area contributed by atoms with E-state index in [-0.39, 0.29) is 5.41 Å². The minimum absolute atomic E-state index is 0.275. The van der Waals surface area contributed by atoms with E-state index in [0.29, 0.717) is 0 Å². The third-order valence-electron chi connectivity index (χ3n) is 2.79. The average molecular weight is 237 g/mol. The van der Waals surface area contributed by atoms with Crippen molar-refractivity contribution in [1.82, 2.24) is 0 Å². The lowest BCUT2D eigenvalue weighted by Gasteiger charge is -2.18. The van der Waals surface area contributed by atoms with Crippen molar-refractivity contribution in [2.75, 3.05) is 5.75 Å². The highest BCUT2D eigenvalue weighted by atomic mass is 32.2. The van der Waals surface area contributed by atoms with Gasteiger partial charge in [0.15, 0.2) is 4.90 Å². The van der Waals surface area contributed by atoms with Gasteiger partial charge in [-0.15, -0.1) is 0 Å². The van der Waals surface area contributed by atoms with E-state index in [1.807, 2.05) is 0 Å². The van der Waals surface area contributed by atoms with Crippen LogP contribution in [0.1, 0.15) is 52.5 Å². The molecule has 0 aliphatic rings. The van der Waals surface area contributed by atoms with Crippen LogP contribution in [0.3, 0.4) is 0 Å². The monoisotopic (exact) mass is 237 g/mol. The topological polar surface area (TPSA) is 0 Å². The molecule has 0 saturated carbocycles. The molecular weight excluding hydrogens is 212 g/mol. The number of unbranched alkanes of at least 4 members (excludes halogenated alkanes) is 2. The summed E-state index contributed by atoms with van der Waals surface area (Å²) in [4.78, 5) is 1.46. The van der Waals surface area contributed by atoms with Crippen LogP contribution in [0, 0.1) is 0 Å². The maximum atomic E-state index is 2.29. The Morgan fingerprint density at radius 1 is 1.00 bits per heavy atom. The zero-order chi connectivity index (χ0) is 12.0. The standard InChI is InChI=1S/C15H24S/c1-5-6-7-12-16-14-10-8-13(9-11-14)15(2,3)4/h8-11H,5-7,12H2,1-4H3/p+1. The van der Waals surface area contributed by atoms with Crippen LogP contribution >= 0.6 is 0 Å². The number of hydrogen-bond donors (Lipinski definition) is 0. The molecule has 0 aliphatic carbocycles. The molecule has 1 rings (SSSR count). The van der Waals surface area contributed by atoms with Gasteiger partial charge in [-0.25, -0.2) is 0 Å². The summed E-state index contributed by atoms with van der Waals surface area (Å²) in [6.45, 7) is 9.05. The van der Waals surface area contributed by atoms with E-state index in [9.17, 15) is 0 Å². The lowest BCUT2D eigenvalue weighted by Crippen LogP contribution is -2.10. The molecule has 0 nitrogen and oxygen atoms in total. The third-order valence-corrected chi connectivity index (χ3v) is 3.99. The Bertz CT molecular complexity index is 292. The average Bonchev–Trinajstić information content (AvgIpc) is 2.24. The fourth-order valence-corrected chi connectivity index (χ4v) is 2.64. The van der Waals surface area contributed by atoms with Gasteiger partial charge >= 0.3 is 0 Å². The third kappa shape index (κ3) is 4.61. The van der Waals surface area contributed by atoms with E-state index in [2.05, 4.69) is 52.0 Å². The van der Waals surface area contributed by atoms with E-state index in [4.69, 9.17) is 0 Å². The van der Waals surface area contributed by atoms with Crippen molar-refractivity contribution in [3.05, 3.63) is 29.8 Å². The molecule has 0 fully saturated rings. The molecule has 0 amide bonds. The Morgan fingerprint density at radius 2 is 1.62 bits per heavy atom. The van der Waals surface area contributed by atoms with E-state index < -0.39 is 0 Å². The summed E-state index contributed by atoms with van der Waals surface area (Å²) in [5.74, 6) is 1.31. The highest BCUT2D eigenvalue weighted by Gasteiger charge is 2.13. The second kappa shape index (κ2) is 6.34. The number of hydrogen-bond acceptors (Lipinski definition) is 0. The van der Waals surface area contributed by atoms with Crippen molar-refractivity contribution in [1.29, 1.82) is 0 Å². The van der Waals surface area contributed by atoms with Gasteiger partial charge < -0.3 is 0 Å². The highest BCUT2D eigenvalue weighted by molar-refractivity contribution is 7.78. The molecule has 0 unspecified atom stereocenters. The maximum Gasteiger partial charge on any atom is 0.152 e. The summed E-state index contributed by atoms with van der Waals surface area (Å²) in [5.41, 5.74) is 1.71. The van der Waals surface area contributed by atoms with E-state index in [0.717, 1.165) is 0 Å². The van der Waals surface area contributed by atoms with Crippen molar-refractivity contribution in [3.8, 4) is 0 Å². The Hall–Kier alpha value is -0.430. The fourth-order valence-electron chi connectivity index (χ4n) is 1.64. The van der Waals surface area contributed by atoms with Crippen molar-refractivity contribution >= 4 is 11.8 Å². The largest absolute Gasteiger partial charge is 0.152 e. The van der Waals surface area contributed by atoms with Gasteiger partial charge in [0.25, 0.3) is 0 Å². The van der Waals surface area contributed by atoms with Crippen molar-refractivity contribution in [2.45, 2.75) is 57.3 Å². The highest BCUT2D eigenvalue weighted by Crippen LogP contribution is 2.22. The molecule has 0 saturated heterocycles. The molecule has 0 aromatic heterocycles. The molecule has 0 spiro atoms. The number of benzene rings is 1. The molecule has 0 bridgehead atoms. The minimum Gasteiger partial charge on any atom is -0.0654 e. The quantitative estimate of drug-likeness (QED) is 0.406. The summed E-state index contributed by atoms with van der Waals surface area (Å²) in [5, 5.41) is 0. The Labute approximate surface area is 105 Å². The molecule has 1 aromatic carbocycles. The van der Waals surface area contributed by atoms with Gasteiger partial charge in [0.2, 0.25) is 0 Å². The van der Waals surface area contributed by atoms with Crippen LogP contribution in [0.2, 0.25) is 0 Å². The van der Waals surface area contributed by atoms with Gasteiger partial charge in [-0.05, 0) is 36.0 Å². The van der Waals surface area contributed by atoms with Gasteiger partial charge in [0.05, 0.1) is 0 Å². The predicted octanol–water partition coefficient (Wildman–Crippen LogP) is 4.35. The van der Waals surface area contributed by atoms with Gasteiger partial charge in [-0.1, -0.05) is 46.2 Å². The zero-order valence-electron chi connectivity index (χ0n) is 11.1. The van der Waals surface area contributed by atoms with Crippen molar-refractivity contribution < 1.29 is 0 Å². The summed E-state index contributed by atoms with van der Waals surface area (Å²) in [6, 6.07) is 9.13. The molecule has 16 heavy (non-hydrogen) atoms. The van der Waals surface area contributed by atoms with E-state index >= 15 is 0 Å². The van der Waals surface area contributed by atoms with Crippen LogP contribution in [0.15, 0.2) is 29.2 Å². The lowest BCUT2D eigenvalue weighted by molar-refractivity contribution is 0.590. The molecular formula is C15H25S+. The van der Waals surface area contributed by atoms with E-state index in [1.54, 1.807) is 0 Å². The molecule has 0 atom stereocenters. The molecule has 1 aromatic rings. The van der Waals surface area contributed by atoms with Gasteiger partial charge in [0, 0.05) is 11.8 Å². The predicted molar refractivity (Wildman–Crippen MR) is 76.6 cm³/mol. The van der Waals surface area contributed by atoms with Crippen LogP contribution in [-0.2, 0) is 17.2 Å². The van der Waals surface area contributed by atoms with Gasteiger partial charge in [-0.3, -0.25) is 0 Å². The smallest absolute Gasteiger partial charge is 0.0654 e. The van der Waals surface area contributed by atoms with Crippen LogP contribution < -0.4 is 0 Å². The Morgan fingerprint density at radius 3 is 2.12 bits per heavy atom. The Kier molecular flexibility index (Phi) is 5.40. The summed E-state index contributed by atoms with van der Waals surface area (Å²) >= 11 is 1.49. The SMILES string of the molecule is CCCCC[SH+]c1ccc(C(C)(C)C)cc1. The first-order chi connectivity index (χ1) is 7.54. The van der Waals surface area contributed by atoms with Crippen molar-refractivity contribution in [2.24, 2.45) is 0 Å². The zero-order valence-corrected chi connectivity index (χ0v) is 12.0. The molecule has 0 radical (unpaired) electrons. The first kappa shape index (κ1) is 13.6. The molecule has 0 heterocycles. The summed E-state index contributed by atoms with van der Waals surface area (Å²) in [6.07, 6.45) is 4.05. The van der Waals surface area contributed by atoms with Crippen LogP contribution in [0.4, 0.5) is 0 Å². The minimum atomic E-state index is 0.275. The molecule has 90 valence electrons. The van der Waals surface area contributed by atoms with Crippen LogP contribution in [0.25, 0.3) is 0 Å². The molecule has 1 heteroatoms.